The SMILES string of the molecule is Cc1cc(C)n(-c2ccc(C(=O)Nc3ccc(SC(F)F)cc3)cn2)n1. The highest BCUT2D eigenvalue weighted by Gasteiger charge is 2.10. The fourth-order valence-electron chi connectivity index (χ4n) is 2.43. The van der Waals surface area contributed by atoms with E-state index in [0.29, 0.717) is 33.7 Å². The van der Waals surface area contributed by atoms with E-state index in [4.69, 9.17) is 0 Å². The van der Waals surface area contributed by atoms with E-state index in [-0.39, 0.29) is 5.91 Å². The molecular formula is C18H16F2N4OS. The third-order valence-corrected chi connectivity index (χ3v) is 4.30. The third kappa shape index (κ3) is 4.26. The molecule has 0 bridgehead atoms. The summed E-state index contributed by atoms with van der Waals surface area (Å²) < 4.78 is 26.3. The maximum Gasteiger partial charge on any atom is 0.288 e. The van der Waals surface area contributed by atoms with Gasteiger partial charge in [-0.3, -0.25) is 4.79 Å². The molecule has 0 saturated carbocycles. The maximum atomic E-state index is 12.3. The number of rotatable bonds is 5. The molecule has 2 heterocycles. The van der Waals surface area contributed by atoms with Crippen LogP contribution in [0.1, 0.15) is 21.7 Å². The first-order valence-electron chi connectivity index (χ1n) is 7.78. The molecule has 0 aliphatic heterocycles. The van der Waals surface area contributed by atoms with E-state index in [1.807, 2.05) is 19.9 Å². The van der Waals surface area contributed by atoms with Crippen molar-refractivity contribution in [1.82, 2.24) is 14.8 Å². The van der Waals surface area contributed by atoms with Crippen LogP contribution in [0.4, 0.5) is 14.5 Å². The van der Waals surface area contributed by atoms with Crippen LogP contribution in [0, 0.1) is 13.8 Å². The largest absolute Gasteiger partial charge is 0.322 e. The highest BCUT2D eigenvalue weighted by Crippen LogP contribution is 2.26. The van der Waals surface area contributed by atoms with Crippen molar-refractivity contribution in [2.45, 2.75) is 24.5 Å². The second-order valence-electron chi connectivity index (χ2n) is 5.60. The van der Waals surface area contributed by atoms with Crippen molar-refractivity contribution in [1.29, 1.82) is 0 Å². The van der Waals surface area contributed by atoms with E-state index in [2.05, 4.69) is 15.4 Å². The fraction of sp³-hybridized carbons (Fsp3) is 0.167. The molecule has 1 aromatic carbocycles. The van der Waals surface area contributed by atoms with Crippen LogP contribution in [-0.2, 0) is 0 Å². The molecule has 0 atom stereocenters. The second-order valence-corrected chi connectivity index (χ2v) is 6.66. The summed E-state index contributed by atoms with van der Waals surface area (Å²) in [5.41, 5.74) is 2.76. The second kappa shape index (κ2) is 7.65. The standard InChI is InChI=1S/C18H16F2N4OS/c1-11-9-12(2)24(23-11)16-8-3-13(10-21-16)17(25)22-14-4-6-15(7-5-14)26-18(19)20/h3-10,18H,1-2H3,(H,22,25). The molecule has 0 aliphatic rings. The predicted molar refractivity (Wildman–Crippen MR) is 97.1 cm³/mol. The van der Waals surface area contributed by atoms with E-state index < -0.39 is 5.76 Å². The van der Waals surface area contributed by atoms with Gasteiger partial charge < -0.3 is 5.32 Å². The van der Waals surface area contributed by atoms with E-state index in [9.17, 15) is 13.6 Å². The number of aryl methyl sites for hydroxylation is 2. The van der Waals surface area contributed by atoms with Gasteiger partial charge in [-0.2, -0.15) is 13.9 Å². The number of hydrogen-bond acceptors (Lipinski definition) is 4. The number of amides is 1. The summed E-state index contributed by atoms with van der Waals surface area (Å²) in [5, 5.41) is 7.06. The first-order chi connectivity index (χ1) is 12.4. The summed E-state index contributed by atoms with van der Waals surface area (Å²) in [6.07, 6.45) is 1.47. The van der Waals surface area contributed by atoms with Crippen molar-refractivity contribution in [3.8, 4) is 5.82 Å². The Balaban J connectivity index is 1.69. The van der Waals surface area contributed by atoms with Gasteiger partial charge in [-0.25, -0.2) is 9.67 Å². The number of nitrogens with zero attached hydrogens (tertiary/aromatic N) is 3. The predicted octanol–water partition coefficient (Wildman–Crippen LogP) is 4.45. The van der Waals surface area contributed by atoms with E-state index in [0.717, 1.165) is 11.4 Å². The van der Waals surface area contributed by atoms with Crippen molar-refractivity contribution >= 4 is 23.4 Å². The minimum atomic E-state index is -2.47. The Kier molecular flexibility index (Phi) is 5.32. The van der Waals surface area contributed by atoms with Gasteiger partial charge in [0.1, 0.15) is 0 Å². The minimum absolute atomic E-state index is 0.327. The number of pyridine rings is 1. The molecule has 5 nitrogen and oxygen atoms in total. The Hall–Kier alpha value is -2.74. The number of anilines is 1. The van der Waals surface area contributed by atoms with Gasteiger partial charge in [0, 0.05) is 22.5 Å². The molecule has 134 valence electrons. The van der Waals surface area contributed by atoms with Gasteiger partial charge in [-0.15, -0.1) is 0 Å². The molecule has 3 rings (SSSR count). The van der Waals surface area contributed by atoms with E-state index >= 15 is 0 Å². The number of carbonyl (C=O) groups excluding carboxylic acids is 1. The quantitative estimate of drug-likeness (QED) is 0.670. The van der Waals surface area contributed by atoms with Crippen molar-refractivity contribution < 1.29 is 13.6 Å². The van der Waals surface area contributed by atoms with Crippen molar-refractivity contribution in [3.05, 3.63) is 65.6 Å². The molecule has 8 heteroatoms. The topological polar surface area (TPSA) is 59.8 Å². The van der Waals surface area contributed by atoms with Crippen LogP contribution in [0.25, 0.3) is 5.82 Å². The monoisotopic (exact) mass is 374 g/mol. The first-order valence-corrected chi connectivity index (χ1v) is 8.66. The van der Waals surface area contributed by atoms with Gasteiger partial charge in [0.15, 0.2) is 5.82 Å². The van der Waals surface area contributed by atoms with Crippen molar-refractivity contribution in [2.24, 2.45) is 0 Å². The molecular weight excluding hydrogens is 358 g/mol. The molecule has 0 radical (unpaired) electrons. The molecule has 0 aliphatic carbocycles. The summed E-state index contributed by atoms with van der Waals surface area (Å²) in [7, 11) is 0. The maximum absolute atomic E-state index is 12.3. The lowest BCUT2D eigenvalue weighted by Gasteiger charge is -2.07. The van der Waals surface area contributed by atoms with Crippen LogP contribution in [-0.4, -0.2) is 26.4 Å². The number of carbonyl (C=O) groups is 1. The number of nitrogens with one attached hydrogen (secondary N) is 1. The highest BCUT2D eigenvalue weighted by molar-refractivity contribution is 7.99. The lowest BCUT2D eigenvalue weighted by molar-refractivity contribution is 0.102. The molecule has 26 heavy (non-hydrogen) atoms. The number of alkyl halides is 2. The van der Waals surface area contributed by atoms with Gasteiger partial charge in [-0.05, 0) is 56.3 Å². The van der Waals surface area contributed by atoms with Gasteiger partial charge >= 0.3 is 0 Å². The first kappa shape index (κ1) is 18.1. The number of benzene rings is 1. The highest BCUT2D eigenvalue weighted by atomic mass is 32.2. The van der Waals surface area contributed by atoms with Crippen LogP contribution in [0.2, 0.25) is 0 Å². The van der Waals surface area contributed by atoms with Crippen LogP contribution in [0.15, 0.2) is 53.6 Å². The smallest absolute Gasteiger partial charge is 0.288 e. The molecule has 1 N–H and O–H groups in total. The summed E-state index contributed by atoms with van der Waals surface area (Å²) in [6, 6.07) is 11.6. The number of hydrogen-bond donors (Lipinski definition) is 1. The summed E-state index contributed by atoms with van der Waals surface area (Å²) in [5.74, 6) is -2.17. The lowest BCUT2D eigenvalue weighted by atomic mass is 10.2. The van der Waals surface area contributed by atoms with Gasteiger partial charge in [-0.1, -0.05) is 11.8 Å². The van der Waals surface area contributed by atoms with Crippen LogP contribution < -0.4 is 5.32 Å². The Bertz CT molecular complexity index is 908. The fourth-order valence-corrected chi connectivity index (χ4v) is 2.93. The molecule has 3 aromatic rings. The normalized spacial score (nSPS) is 11.0. The van der Waals surface area contributed by atoms with Crippen molar-refractivity contribution in [2.75, 3.05) is 5.32 Å². The Morgan fingerprint density at radius 3 is 2.42 bits per heavy atom. The van der Waals surface area contributed by atoms with Gasteiger partial charge in [0.2, 0.25) is 0 Å². The Morgan fingerprint density at radius 2 is 1.88 bits per heavy atom. The summed E-state index contributed by atoms with van der Waals surface area (Å²) >= 11 is 0.460. The molecule has 1 amide bonds. The third-order valence-electron chi connectivity index (χ3n) is 3.57. The zero-order chi connectivity index (χ0) is 18.7. The number of thioether (sulfide) groups is 1. The van der Waals surface area contributed by atoms with Crippen LogP contribution in [0.5, 0.6) is 0 Å². The molecule has 0 spiro atoms. The number of halogens is 2. The Labute approximate surface area is 153 Å². The summed E-state index contributed by atoms with van der Waals surface area (Å²) in [6.45, 7) is 3.83. The number of aromatic nitrogens is 3. The van der Waals surface area contributed by atoms with Gasteiger partial charge in [0.25, 0.3) is 11.7 Å². The van der Waals surface area contributed by atoms with E-state index in [1.165, 1.54) is 18.3 Å². The molecule has 0 fully saturated rings. The van der Waals surface area contributed by atoms with Crippen molar-refractivity contribution in [3.63, 3.8) is 0 Å². The van der Waals surface area contributed by atoms with Gasteiger partial charge in [0.05, 0.1) is 11.3 Å². The zero-order valence-corrected chi connectivity index (χ0v) is 14.9. The average Bonchev–Trinajstić information content (AvgIpc) is 2.94. The van der Waals surface area contributed by atoms with E-state index in [1.54, 1.807) is 28.9 Å². The zero-order valence-electron chi connectivity index (χ0n) is 14.1. The molecule has 0 unspecified atom stereocenters. The molecule has 0 saturated heterocycles. The Morgan fingerprint density at radius 1 is 1.15 bits per heavy atom. The lowest BCUT2D eigenvalue weighted by Crippen LogP contribution is -2.13. The average molecular weight is 374 g/mol. The minimum Gasteiger partial charge on any atom is -0.322 e. The molecule has 2 aromatic heterocycles. The van der Waals surface area contributed by atoms with Crippen LogP contribution >= 0.6 is 11.8 Å². The van der Waals surface area contributed by atoms with Crippen LogP contribution in [0.3, 0.4) is 0 Å². The summed E-state index contributed by atoms with van der Waals surface area (Å²) in [4.78, 5) is 17.0.